The smallest absolute Gasteiger partial charge is 0.240 e. The minimum Gasteiger partial charge on any atom is -0.496 e. The number of anilines is 1. The van der Waals surface area contributed by atoms with Crippen molar-refractivity contribution >= 4 is 15.7 Å². The number of nitrogens with two attached hydrogens (primary N) is 1. The van der Waals surface area contributed by atoms with Crippen molar-refractivity contribution in [2.24, 2.45) is 0 Å². The highest BCUT2D eigenvalue weighted by Crippen LogP contribution is 2.19. The Morgan fingerprint density at radius 3 is 2.62 bits per heavy atom. The van der Waals surface area contributed by atoms with Crippen molar-refractivity contribution in [3.05, 3.63) is 53.8 Å². The highest BCUT2D eigenvalue weighted by molar-refractivity contribution is 7.89. The molecule has 0 aliphatic rings. The Bertz CT molecular complexity index is 748. The van der Waals surface area contributed by atoms with Crippen molar-refractivity contribution in [2.75, 3.05) is 12.8 Å². The number of methoxy groups -OCH3 is 1. The highest BCUT2D eigenvalue weighted by Gasteiger charge is 2.16. The number of para-hydroxylation sites is 1. The summed E-state index contributed by atoms with van der Waals surface area (Å²) in [6.07, 6.45) is 0. The molecule has 0 unspecified atom stereocenters. The van der Waals surface area contributed by atoms with Crippen molar-refractivity contribution in [3.8, 4) is 5.75 Å². The van der Waals surface area contributed by atoms with Gasteiger partial charge in [0.1, 0.15) is 11.6 Å². The Kier molecular flexibility index (Phi) is 4.44. The largest absolute Gasteiger partial charge is 0.496 e. The number of hydrogen-bond donors (Lipinski definition) is 2. The molecule has 0 atom stereocenters. The number of rotatable bonds is 5. The second-order valence-corrected chi connectivity index (χ2v) is 6.09. The molecule has 2 aromatic carbocycles. The van der Waals surface area contributed by atoms with Crippen LogP contribution in [0.4, 0.5) is 10.1 Å². The molecule has 0 fully saturated rings. The van der Waals surface area contributed by atoms with Crippen LogP contribution in [0, 0.1) is 5.82 Å². The predicted octanol–water partition coefficient (Wildman–Crippen LogP) is 1.90. The number of benzene rings is 2. The molecule has 0 radical (unpaired) electrons. The van der Waals surface area contributed by atoms with Gasteiger partial charge in [-0.25, -0.2) is 17.5 Å². The third-order valence-electron chi connectivity index (χ3n) is 2.92. The fourth-order valence-corrected chi connectivity index (χ4v) is 2.84. The van der Waals surface area contributed by atoms with Gasteiger partial charge in [-0.15, -0.1) is 0 Å². The van der Waals surface area contributed by atoms with Gasteiger partial charge in [0.2, 0.25) is 10.0 Å². The van der Waals surface area contributed by atoms with E-state index in [1.807, 2.05) is 0 Å². The van der Waals surface area contributed by atoms with Crippen LogP contribution in [0.5, 0.6) is 5.75 Å². The van der Waals surface area contributed by atoms with Gasteiger partial charge >= 0.3 is 0 Å². The molecule has 3 N–H and O–H groups in total. The number of halogens is 1. The SMILES string of the molecule is COc1ccccc1CNS(=O)(=O)c1ccc(F)c(N)c1. The third-order valence-corrected chi connectivity index (χ3v) is 4.32. The summed E-state index contributed by atoms with van der Waals surface area (Å²) >= 11 is 0. The molecular weight excluding hydrogens is 295 g/mol. The molecule has 21 heavy (non-hydrogen) atoms. The second-order valence-electron chi connectivity index (χ2n) is 4.32. The van der Waals surface area contributed by atoms with Crippen LogP contribution in [0.2, 0.25) is 0 Å². The normalized spacial score (nSPS) is 11.3. The lowest BCUT2D eigenvalue weighted by Gasteiger charge is -2.10. The molecule has 0 aromatic heterocycles. The summed E-state index contributed by atoms with van der Waals surface area (Å²) in [6.45, 7) is 0.0592. The first-order chi connectivity index (χ1) is 9.94. The van der Waals surface area contributed by atoms with Crippen molar-refractivity contribution < 1.29 is 17.5 Å². The molecule has 0 bridgehead atoms. The molecule has 5 nitrogen and oxygen atoms in total. The summed E-state index contributed by atoms with van der Waals surface area (Å²) in [4.78, 5) is -0.0868. The van der Waals surface area contributed by atoms with Crippen LogP contribution >= 0.6 is 0 Å². The van der Waals surface area contributed by atoms with Gasteiger partial charge in [0.15, 0.2) is 0 Å². The summed E-state index contributed by atoms with van der Waals surface area (Å²) in [5.41, 5.74) is 5.86. The van der Waals surface area contributed by atoms with E-state index in [0.717, 1.165) is 18.2 Å². The molecule has 0 aliphatic heterocycles. The van der Waals surface area contributed by atoms with Gasteiger partial charge in [-0.2, -0.15) is 0 Å². The van der Waals surface area contributed by atoms with Gasteiger partial charge in [-0.1, -0.05) is 18.2 Å². The van der Waals surface area contributed by atoms with Gasteiger partial charge in [-0.05, 0) is 24.3 Å². The molecule has 0 saturated heterocycles. The second kappa shape index (κ2) is 6.11. The van der Waals surface area contributed by atoms with E-state index >= 15 is 0 Å². The van der Waals surface area contributed by atoms with E-state index in [9.17, 15) is 12.8 Å². The first-order valence-corrected chi connectivity index (χ1v) is 7.59. The fraction of sp³-hybridized carbons (Fsp3) is 0.143. The topological polar surface area (TPSA) is 81.4 Å². The van der Waals surface area contributed by atoms with Crippen LogP contribution in [0.25, 0.3) is 0 Å². The summed E-state index contributed by atoms with van der Waals surface area (Å²) < 4.78 is 44.9. The van der Waals surface area contributed by atoms with Crippen molar-refractivity contribution in [1.82, 2.24) is 4.72 Å². The molecular formula is C14H15FN2O3S. The molecule has 0 heterocycles. The lowest BCUT2D eigenvalue weighted by Crippen LogP contribution is -2.23. The van der Waals surface area contributed by atoms with Crippen LogP contribution < -0.4 is 15.2 Å². The van der Waals surface area contributed by atoms with Crippen LogP contribution in [-0.4, -0.2) is 15.5 Å². The number of hydrogen-bond acceptors (Lipinski definition) is 4. The maximum atomic E-state index is 13.1. The van der Waals surface area contributed by atoms with Crippen LogP contribution in [0.15, 0.2) is 47.4 Å². The van der Waals surface area contributed by atoms with Gasteiger partial charge in [0.25, 0.3) is 0 Å². The molecule has 7 heteroatoms. The minimum absolute atomic E-state index is 0.0592. The monoisotopic (exact) mass is 310 g/mol. The fourth-order valence-electron chi connectivity index (χ4n) is 1.79. The van der Waals surface area contributed by atoms with Gasteiger partial charge in [0.05, 0.1) is 17.7 Å². The maximum Gasteiger partial charge on any atom is 0.240 e. The van der Waals surface area contributed by atoms with Crippen LogP contribution in [0.1, 0.15) is 5.56 Å². The molecule has 112 valence electrons. The minimum atomic E-state index is -3.77. The number of nitrogens with one attached hydrogen (secondary N) is 1. The molecule has 2 aromatic rings. The van der Waals surface area contributed by atoms with E-state index < -0.39 is 15.8 Å². The maximum absolute atomic E-state index is 13.1. The number of nitrogen functional groups attached to an aromatic ring is 1. The third kappa shape index (κ3) is 3.50. The standard InChI is InChI=1S/C14H15FN2O3S/c1-20-14-5-3-2-4-10(14)9-17-21(18,19)11-6-7-12(15)13(16)8-11/h2-8,17H,9,16H2,1H3. The van der Waals surface area contributed by atoms with E-state index in [1.54, 1.807) is 24.3 Å². The zero-order valence-electron chi connectivity index (χ0n) is 11.3. The van der Waals surface area contributed by atoms with Gasteiger partial charge in [0, 0.05) is 12.1 Å². The first kappa shape index (κ1) is 15.3. The van der Waals surface area contributed by atoms with E-state index in [0.29, 0.717) is 11.3 Å². The Hall–Kier alpha value is -2.12. The van der Waals surface area contributed by atoms with Crippen molar-refractivity contribution in [1.29, 1.82) is 0 Å². The molecule has 0 amide bonds. The highest BCUT2D eigenvalue weighted by atomic mass is 32.2. The predicted molar refractivity (Wildman–Crippen MR) is 77.8 cm³/mol. The van der Waals surface area contributed by atoms with E-state index in [-0.39, 0.29) is 17.1 Å². The van der Waals surface area contributed by atoms with Gasteiger partial charge < -0.3 is 10.5 Å². The zero-order valence-corrected chi connectivity index (χ0v) is 12.2. The van der Waals surface area contributed by atoms with E-state index in [1.165, 1.54) is 7.11 Å². The Morgan fingerprint density at radius 1 is 1.24 bits per heavy atom. The quantitative estimate of drug-likeness (QED) is 0.826. The Labute approximate surface area is 122 Å². The molecule has 0 spiro atoms. The lowest BCUT2D eigenvalue weighted by atomic mass is 10.2. The summed E-state index contributed by atoms with van der Waals surface area (Å²) in [6, 6.07) is 10.3. The summed E-state index contributed by atoms with van der Waals surface area (Å²) in [5, 5.41) is 0. The summed E-state index contributed by atoms with van der Waals surface area (Å²) in [7, 11) is -2.27. The number of ether oxygens (including phenoxy) is 1. The van der Waals surface area contributed by atoms with E-state index in [4.69, 9.17) is 10.5 Å². The lowest BCUT2D eigenvalue weighted by molar-refractivity contribution is 0.409. The zero-order chi connectivity index (χ0) is 15.5. The van der Waals surface area contributed by atoms with Crippen LogP contribution in [0.3, 0.4) is 0 Å². The first-order valence-electron chi connectivity index (χ1n) is 6.10. The molecule has 0 saturated carbocycles. The Balaban J connectivity index is 2.20. The van der Waals surface area contributed by atoms with Crippen LogP contribution in [-0.2, 0) is 16.6 Å². The average Bonchev–Trinajstić information content (AvgIpc) is 2.48. The van der Waals surface area contributed by atoms with Gasteiger partial charge in [-0.3, -0.25) is 0 Å². The van der Waals surface area contributed by atoms with Crippen molar-refractivity contribution in [2.45, 2.75) is 11.4 Å². The molecule has 0 aliphatic carbocycles. The van der Waals surface area contributed by atoms with Crippen molar-refractivity contribution in [3.63, 3.8) is 0 Å². The summed E-state index contributed by atoms with van der Waals surface area (Å²) in [5.74, 6) is -0.0718. The molecule has 2 rings (SSSR count). The Morgan fingerprint density at radius 2 is 1.95 bits per heavy atom. The average molecular weight is 310 g/mol. The number of sulfonamides is 1. The van der Waals surface area contributed by atoms with E-state index in [2.05, 4.69) is 4.72 Å².